The van der Waals surface area contributed by atoms with Crippen LogP contribution < -0.4 is 16.4 Å². The molecular formula is C11H23N3O3. The Morgan fingerprint density at radius 2 is 1.88 bits per heavy atom. The molecular weight excluding hydrogens is 222 g/mol. The number of aliphatic hydroxyl groups excluding tert-OH is 1. The Morgan fingerprint density at radius 3 is 2.29 bits per heavy atom. The minimum atomic E-state index is -0.692. The SMILES string of the molecule is CC(C)[C@H](N)C(=O)NCC(=O)NC(C)(C)CO. The van der Waals surface area contributed by atoms with Crippen molar-refractivity contribution in [3.05, 3.63) is 0 Å². The third-order valence-corrected chi connectivity index (χ3v) is 2.32. The zero-order chi connectivity index (χ0) is 13.6. The molecule has 0 radical (unpaired) electrons. The first-order chi connectivity index (χ1) is 7.69. The first kappa shape index (κ1) is 15.9. The average molecular weight is 245 g/mol. The Balaban J connectivity index is 4.05. The number of hydrogen-bond donors (Lipinski definition) is 4. The van der Waals surface area contributed by atoms with Gasteiger partial charge < -0.3 is 21.5 Å². The van der Waals surface area contributed by atoms with Crippen molar-refractivity contribution in [1.82, 2.24) is 10.6 Å². The number of nitrogens with two attached hydrogens (primary N) is 1. The van der Waals surface area contributed by atoms with Crippen LogP contribution in [0.15, 0.2) is 0 Å². The summed E-state index contributed by atoms with van der Waals surface area (Å²) in [5.74, 6) is -0.683. The van der Waals surface area contributed by atoms with Gasteiger partial charge in [0.15, 0.2) is 0 Å². The van der Waals surface area contributed by atoms with Crippen molar-refractivity contribution in [1.29, 1.82) is 0 Å². The monoisotopic (exact) mass is 245 g/mol. The molecule has 0 rings (SSSR count). The van der Waals surface area contributed by atoms with Crippen LogP contribution in [-0.4, -0.2) is 41.7 Å². The Hall–Kier alpha value is -1.14. The van der Waals surface area contributed by atoms with Gasteiger partial charge in [0, 0.05) is 0 Å². The van der Waals surface area contributed by atoms with Crippen LogP contribution in [0, 0.1) is 5.92 Å². The number of carbonyl (C=O) groups is 2. The number of carbonyl (C=O) groups excluding carboxylic acids is 2. The van der Waals surface area contributed by atoms with Crippen molar-refractivity contribution >= 4 is 11.8 Å². The minimum Gasteiger partial charge on any atom is -0.394 e. The van der Waals surface area contributed by atoms with Gasteiger partial charge >= 0.3 is 0 Å². The van der Waals surface area contributed by atoms with Gasteiger partial charge in [0.2, 0.25) is 11.8 Å². The summed E-state index contributed by atoms with van der Waals surface area (Å²) in [6.07, 6.45) is 0. The quantitative estimate of drug-likeness (QED) is 0.480. The van der Waals surface area contributed by atoms with Gasteiger partial charge in [-0.25, -0.2) is 0 Å². The lowest BCUT2D eigenvalue weighted by molar-refractivity contribution is -0.128. The predicted octanol–water partition coefficient (Wildman–Crippen LogP) is -1.03. The van der Waals surface area contributed by atoms with Gasteiger partial charge in [-0.1, -0.05) is 13.8 Å². The van der Waals surface area contributed by atoms with Gasteiger partial charge in [-0.2, -0.15) is 0 Å². The number of rotatable bonds is 6. The summed E-state index contributed by atoms with van der Waals surface area (Å²) in [7, 11) is 0. The molecule has 0 aliphatic carbocycles. The maximum atomic E-state index is 11.5. The van der Waals surface area contributed by atoms with Crippen LogP contribution in [0.5, 0.6) is 0 Å². The first-order valence-corrected chi connectivity index (χ1v) is 5.65. The Kier molecular flexibility index (Phi) is 6.12. The van der Waals surface area contributed by atoms with E-state index in [-0.39, 0.29) is 30.9 Å². The minimum absolute atomic E-state index is 0.0203. The summed E-state index contributed by atoms with van der Waals surface area (Å²) in [5.41, 5.74) is 4.92. The van der Waals surface area contributed by atoms with E-state index in [4.69, 9.17) is 10.8 Å². The van der Waals surface area contributed by atoms with E-state index in [1.807, 2.05) is 13.8 Å². The number of aliphatic hydroxyl groups is 1. The van der Waals surface area contributed by atoms with Gasteiger partial charge in [0.05, 0.1) is 24.7 Å². The smallest absolute Gasteiger partial charge is 0.239 e. The number of amides is 2. The van der Waals surface area contributed by atoms with Crippen molar-refractivity contribution < 1.29 is 14.7 Å². The van der Waals surface area contributed by atoms with Crippen LogP contribution in [-0.2, 0) is 9.59 Å². The highest BCUT2D eigenvalue weighted by Crippen LogP contribution is 1.99. The van der Waals surface area contributed by atoms with Crippen molar-refractivity contribution in [3.63, 3.8) is 0 Å². The molecule has 0 aliphatic heterocycles. The van der Waals surface area contributed by atoms with Crippen LogP contribution in [0.3, 0.4) is 0 Å². The third-order valence-electron chi connectivity index (χ3n) is 2.32. The first-order valence-electron chi connectivity index (χ1n) is 5.65. The fraction of sp³-hybridized carbons (Fsp3) is 0.818. The highest BCUT2D eigenvalue weighted by molar-refractivity contribution is 5.87. The fourth-order valence-electron chi connectivity index (χ4n) is 1.05. The van der Waals surface area contributed by atoms with E-state index in [0.29, 0.717) is 0 Å². The lowest BCUT2D eigenvalue weighted by Gasteiger charge is -2.23. The lowest BCUT2D eigenvalue weighted by atomic mass is 10.1. The number of nitrogens with one attached hydrogen (secondary N) is 2. The Labute approximate surface area is 102 Å². The molecule has 100 valence electrons. The summed E-state index contributed by atoms with van der Waals surface area (Å²) < 4.78 is 0. The molecule has 5 N–H and O–H groups in total. The molecule has 0 fully saturated rings. The molecule has 0 saturated carbocycles. The van der Waals surface area contributed by atoms with Crippen LogP contribution >= 0.6 is 0 Å². The fourth-order valence-corrected chi connectivity index (χ4v) is 1.05. The summed E-state index contributed by atoms with van der Waals surface area (Å²) in [6, 6.07) is -0.617. The van der Waals surface area contributed by atoms with Gasteiger partial charge in [0.25, 0.3) is 0 Å². The topological polar surface area (TPSA) is 104 Å². The molecule has 0 spiro atoms. The van der Waals surface area contributed by atoms with Gasteiger partial charge in [-0.05, 0) is 19.8 Å². The molecule has 0 aromatic rings. The molecule has 0 saturated heterocycles. The second-order valence-corrected chi connectivity index (χ2v) is 5.08. The normalized spacial score (nSPS) is 13.4. The van der Waals surface area contributed by atoms with Crippen molar-refractivity contribution in [2.24, 2.45) is 11.7 Å². The lowest BCUT2D eigenvalue weighted by Crippen LogP contribution is -2.52. The standard InChI is InChI=1S/C11H23N3O3/c1-7(2)9(12)10(17)13-5-8(16)14-11(3,4)6-15/h7,9,15H,5-6,12H2,1-4H3,(H,13,17)(H,14,16)/t9-/m0/s1. The molecule has 0 aromatic heterocycles. The zero-order valence-corrected chi connectivity index (χ0v) is 10.9. The van der Waals surface area contributed by atoms with Gasteiger partial charge in [-0.3, -0.25) is 9.59 Å². The van der Waals surface area contributed by atoms with E-state index in [1.165, 1.54) is 0 Å². The second kappa shape index (κ2) is 6.56. The zero-order valence-electron chi connectivity index (χ0n) is 10.9. The molecule has 17 heavy (non-hydrogen) atoms. The molecule has 0 aliphatic rings. The molecule has 0 unspecified atom stereocenters. The molecule has 1 atom stereocenters. The van der Waals surface area contributed by atoms with E-state index >= 15 is 0 Å². The van der Waals surface area contributed by atoms with Crippen molar-refractivity contribution in [3.8, 4) is 0 Å². The average Bonchev–Trinajstić information content (AvgIpc) is 2.24. The van der Waals surface area contributed by atoms with E-state index in [0.717, 1.165) is 0 Å². The van der Waals surface area contributed by atoms with Crippen molar-refractivity contribution in [2.45, 2.75) is 39.3 Å². The molecule has 6 heteroatoms. The maximum Gasteiger partial charge on any atom is 0.239 e. The van der Waals surface area contributed by atoms with E-state index in [9.17, 15) is 9.59 Å². The number of hydrogen-bond acceptors (Lipinski definition) is 4. The van der Waals surface area contributed by atoms with E-state index in [1.54, 1.807) is 13.8 Å². The molecule has 2 amide bonds. The van der Waals surface area contributed by atoms with Crippen molar-refractivity contribution in [2.75, 3.05) is 13.2 Å². The molecule has 0 aromatic carbocycles. The second-order valence-electron chi connectivity index (χ2n) is 5.08. The predicted molar refractivity (Wildman–Crippen MR) is 65.1 cm³/mol. The van der Waals surface area contributed by atoms with Gasteiger partial charge in [0.1, 0.15) is 0 Å². The van der Waals surface area contributed by atoms with E-state index in [2.05, 4.69) is 10.6 Å². The van der Waals surface area contributed by atoms with Crippen LogP contribution in [0.2, 0.25) is 0 Å². The van der Waals surface area contributed by atoms with Crippen LogP contribution in [0.4, 0.5) is 0 Å². The maximum absolute atomic E-state index is 11.5. The van der Waals surface area contributed by atoms with Gasteiger partial charge in [-0.15, -0.1) is 0 Å². The summed E-state index contributed by atoms with van der Waals surface area (Å²) in [5, 5.41) is 14.0. The molecule has 6 nitrogen and oxygen atoms in total. The molecule has 0 heterocycles. The Morgan fingerprint density at radius 1 is 1.35 bits per heavy atom. The summed E-state index contributed by atoms with van der Waals surface area (Å²) >= 11 is 0. The Bertz CT molecular complexity index is 277. The largest absolute Gasteiger partial charge is 0.394 e. The van der Waals surface area contributed by atoms with Crippen LogP contribution in [0.1, 0.15) is 27.7 Å². The van der Waals surface area contributed by atoms with Crippen LogP contribution in [0.25, 0.3) is 0 Å². The highest BCUT2D eigenvalue weighted by Gasteiger charge is 2.21. The third kappa shape index (κ3) is 6.23. The molecule has 0 bridgehead atoms. The summed E-state index contributed by atoms with van der Waals surface area (Å²) in [6.45, 7) is 6.73. The highest BCUT2D eigenvalue weighted by atomic mass is 16.3. The summed E-state index contributed by atoms with van der Waals surface area (Å²) in [4.78, 5) is 22.9. The van der Waals surface area contributed by atoms with E-state index < -0.39 is 11.6 Å².